The molecule has 2 heteroatoms. The summed E-state index contributed by atoms with van der Waals surface area (Å²) in [6.45, 7) is 7.16. The maximum Gasteiger partial charge on any atom is 0.0901 e. The van der Waals surface area contributed by atoms with E-state index in [1.54, 1.807) is 0 Å². The molecule has 4 fully saturated rings. The first-order valence-electron chi connectivity index (χ1n) is 12.2. The molecule has 1 aromatic carbocycles. The molecule has 9 atom stereocenters. The lowest BCUT2D eigenvalue weighted by atomic mass is 9.44. The largest absolute Gasteiger partial charge is 0.393 e. The fourth-order valence-electron chi connectivity index (χ4n) is 9.14. The molecule has 0 bridgehead atoms. The van der Waals surface area contributed by atoms with Crippen molar-refractivity contribution in [2.45, 2.75) is 90.3 Å². The fourth-order valence-corrected chi connectivity index (χ4v) is 9.14. The van der Waals surface area contributed by atoms with Crippen molar-refractivity contribution in [3.63, 3.8) is 0 Å². The Morgan fingerprint density at radius 2 is 1.55 bits per heavy atom. The van der Waals surface area contributed by atoms with Crippen LogP contribution in [0, 0.1) is 40.4 Å². The number of aliphatic hydroxyl groups is 2. The van der Waals surface area contributed by atoms with Gasteiger partial charge in [-0.2, -0.15) is 0 Å². The van der Waals surface area contributed by atoms with Crippen molar-refractivity contribution >= 4 is 0 Å². The van der Waals surface area contributed by atoms with Gasteiger partial charge in [-0.3, -0.25) is 0 Å². The normalized spacial score (nSPS) is 48.9. The van der Waals surface area contributed by atoms with Crippen LogP contribution in [0.25, 0.3) is 0 Å². The molecule has 0 aliphatic heterocycles. The third kappa shape index (κ3) is 2.88. The van der Waals surface area contributed by atoms with Crippen LogP contribution in [-0.4, -0.2) is 16.3 Å². The van der Waals surface area contributed by atoms with E-state index < -0.39 is 5.60 Å². The number of fused-ring (bicyclic) bond motifs is 5. The molecule has 29 heavy (non-hydrogen) atoms. The van der Waals surface area contributed by atoms with Gasteiger partial charge in [-0.25, -0.2) is 0 Å². The minimum absolute atomic E-state index is 0.0599. The van der Waals surface area contributed by atoms with E-state index in [1.165, 1.54) is 38.5 Å². The van der Waals surface area contributed by atoms with Crippen LogP contribution in [0.4, 0.5) is 0 Å². The molecule has 0 radical (unpaired) electrons. The molecular weight excluding hydrogens is 356 g/mol. The standard InChI is InChI=1S/C27H40O2/c1-25-15-13-20(28)17-19(25)9-10-21-22-11-12-24(26(22,2)16-14-23(21)25)27(3,29)18-7-5-4-6-8-18/h4-8,19-24,28-29H,9-17H2,1-3H3/t19-,20-,21-,22-,23-,24-,25-,26-,27+/m0/s1. The molecule has 4 aliphatic rings. The summed E-state index contributed by atoms with van der Waals surface area (Å²) in [4.78, 5) is 0. The summed E-state index contributed by atoms with van der Waals surface area (Å²) in [7, 11) is 0. The lowest BCUT2D eigenvalue weighted by Gasteiger charge is -2.61. The molecule has 0 saturated heterocycles. The summed E-state index contributed by atoms with van der Waals surface area (Å²) in [6.07, 6.45) is 10.9. The zero-order valence-electron chi connectivity index (χ0n) is 18.6. The Hall–Kier alpha value is -0.860. The smallest absolute Gasteiger partial charge is 0.0901 e. The molecule has 1 aromatic rings. The molecule has 0 heterocycles. The summed E-state index contributed by atoms with van der Waals surface area (Å²) >= 11 is 0. The summed E-state index contributed by atoms with van der Waals surface area (Å²) < 4.78 is 0. The van der Waals surface area contributed by atoms with E-state index in [0.717, 1.165) is 48.5 Å². The first-order valence-corrected chi connectivity index (χ1v) is 12.2. The second-order valence-electron chi connectivity index (χ2n) is 11.8. The van der Waals surface area contributed by atoms with Crippen LogP contribution in [0.3, 0.4) is 0 Å². The van der Waals surface area contributed by atoms with Gasteiger partial charge in [0.1, 0.15) is 0 Å². The van der Waals surface area contributed by atoms with Gasteiger partial charge in [-0.1, -0.05) is 44.2 Å². The maximum atomic E-state index is 11.7. The van der Waals surface area contributed by atoms with E-state index in [2.05, 4.69) is 45.0 Å². The predicted octanol–water partition coefficient (Wildman–Crippen LogP) is 5.91. The van der Waals surface area contributed by atoms with E-state index in [-0.39, 0.29) is 11.5 Å². The molecule has 4 saturated carbocycles. The molecule has 2 nitrogen and oxygen atoms in total. The lowest BCUT2D eigenvalue weighted by Crippen LogP contribution is -2.55. The van der Waals surface area contributed by atoms with Gasteiger partial charge in [0.2, 0.25) is 0 Å². The Morgan fingerprint density at radius 1 is 0.862 bits per heavy atom. The average Bonchev–Trinajstić information content (AvgIpc) is 3.07. The minimum atomic E-state index is -0.742. The zero-order valence-corrected chi connectivity index (χ0v) is 18.6. The van der Waals surface area contributed by atoms with E-state index in [1.807, 2.05) is 6.07 Å². The van der Waals surface area contributed by atoms with Crippen molar-refractivity contribution in [3.8, 4) is 0 Å². The molecule has 0 aromatic heterocycles. The van der Waals surface area contributed by atoms with E-state index in [9.17, 15) is 10.2 Å². The Balaban J connectivity index is 1.43. The Bertz CT molecular complexity index is 742. The third-order valence-electron chi connectivity index (χ3n) is 10.7. The van der Waals surface area contributed by atoms with Crippen molar-refractivity contribution in [1.82, 2.24) is 0 Å². The number of rotatable bonds is 2. The van der Waals surface area contributed by atoms with E-state index in [4.69, 9.17) is 0 Å². The minimum Gasteiger partial charge on any atom is -0.393 e. The van der Waals surface area contributed by atoms with Crippen LogP contribution in [0.2, 0.25) is 0 Å². The number of hydrogen-bond acceptors (Lipinski definition) is 2. The SMILES string of the molecule is C[C@]12CC[C@H](O)C[C@@H]1CC[C@@H]1[C@@H]2CC[C@@]2(C)[C@H]1CC[C@@H]2[C@](C)(O)c1ccccc1. The van der Waals surface area contributed by atoms with Crippen molar-refractivity contribution in [2.24, 2.45) is 40.4 Å². The molecular formula is C27H40O2. The number of benzene rings is 1. The average molecular weight is 397 g/mol. The highest BCUT2D eigenvalue weighted by Gasteiger charge is 2.62. The second-order valence-corrected chi connectivity index (χ2v) is 11.8. The number of hydrogen-bond donors (Lipinski definition) is 2. The highest BCUT2D eigenvalue weighted by molar-refractivity contribution is 5.25. The van der Waals surface area contributed by atoms with Crippen LogP contribution >= 0.6 is 0 Å². The molecule has 5 rings (SSSR count). The first kappa shape index (κ1) is 20.1. The fraction of sp³-hybridized carbons (Fsp3) is 0.778. The molecule has 2 N–H and O–H groups in total. The van der Waals surface area contributed by atoms with Gasteiger partial charge in [0.25, 0.3) is 0 Å². The first-order chi connectivity index (χ1) is 13.8. The molecule has 0 spiro atoms. The van der Waals surface area contributed by atoms with Gasteiger partial charge in [-0.15, -0.1) is 0 Å². The molecule has 0 unspecified atom stereocenters. The number of aliphatic hydroxyl groups excluding tert-OH is 1. The summed E-state index contributed by atoms with van der Waals surface area (Å²) in [6, 6.07) is 10.4. The highest BCUT2D eigenvalue weighted by Crippen LogP contribution is 2.69. The maximum absolute atomic E-state index is 11.7. The van der Waals surface area contributed by atoms with Crippen molar-refractivity contribution in [3.05, 3.63) is 35.9 Å². The van der Waals surface area contributed by atoms with Crippen molar-refractivity contribution < 1.29 is 10.2 Å². The summed E-state index contributed by atoms with van der Waals surface area (Å²) in [5.41, 5.74) is 1.03. The third-order valence-corrected chi connectivity index (χ3v) is 10.7. The van der Waals surface area contributed by atoms with Gasteiger partial charge in [0.15, 0.2) is 0 Å². The Labute approximate surface area is 177 Å². The van der Waals surface area contributed by atoms with Crippen LogP contribution < -0.4 is 0 Å². The van der Waals surface area contributed by atoms with Gasteiger partial charge >= 0.3 is 0 Å². The van der Waals surface area contributed by atoms with E-state index in [0.29, 0.717) is 11.3 Å². The lowest BCUT2D eigenvalue weighted by molar-refractivity contribution is -0.145. The molecule has 160 valence electrons. The predicted molar refractivity (Wildman–Crippen MR) is 117 cm³/mol. The Kier molecular flexibility index (Phi) is 4.72. The van der Waals surface area contributed by atoms with Crippen LogP contribution in [0.5, 0.6) is 0 Å². The second kappa shape index (κ2) is 6.82. The van der Waals surface area contributed by atoms with E-state index >= 15 is 0 Å². The van der Waals surface area contributed by atoms with Gasteiger partial charge in [-0.05, 0) is 111 Å². The van der Waals surface area contributed by atoms with Gasteiger partial charge < -0.3 is 10.2 Å². The molecule has 0 amide bonds. The highest BCUT2D eigenvalue weighted by atomic mass is 16.3. The molecule has 4 aliphatic carbocycles. The monoisotopic (exact) mass is 396 g/mol. The quantitative estimate of drug-likeness (QED) is 0.652. The Morgan fingerprint density at radius 3 is 2.31 bits per heavy atom. The van der Waals surface area contributed by atoms with Crippen LogP contribution in [0.1, 0.15) is 84.1 Å². The van der Waals surface area contributed by atoms with Crippen molar-refractivity contribution in [1.29, 1.82) is 0 Å². The zero-order chi connectivity index (χ0) is 20.4. The van der Waals surface area contributed by atoms with Gasteiger partial charge in [0.05, 0.1) is 11.7 Å². The summed E-state index contributed by atoms with van der Waals surface area (Å²) in [5, 5.41) is 22.0. The topological polar surface area (TPSA) is 40.5 Å². The van der Waals surface area contributed by atoms with Gasteiger partial charge in [0, 0.05) is 0 Å². The summed E-state index contributed by atoms with van der Waals surface area (Å²) in [5.74, 6) is 3.48. The van der Waals surface area contributed by atoms with Crippen LogP contribution in [0.15, 0.2) is 30.3 Å². The van der Waals surface area contributed by atoms with Crippen LogP contribution in [-0.2, 0) is 5.60 Å². The van der Waals surface area contributed by atoms with Crippen molar-refractivity contribution in [2.75, 3.05) is 0 Å².